The quantitative estimate of drug-likeness (QED) is 0.505. The molecule has 0 N–H and O–H groups in total. The molecule has 0 bridgehead atoms. The molecule has 0 radical (unpaired) electrons. The van der Waals surface area contributed by atoms with Crippen molar-refractivity contribution in [3.05, 3.63) is 37.0 Å². The van der Waals surface area contributed by atoms with Gasteiger partial charge in [-0.1, -0.05) is 57.1 Å². The molecule has 0 aliphatic rings. The summed E-state index contributed by atoms with van der Waals surface area (Å²) in [5, 5.41) is 0. The van der Waals surface area contributed by atoms with Crippen LogP contribution in [-0.2, 0) is 0 Å². The van der Waals surface area contributed by atoms with E-state index in [4.69, 9.17) is 0 Å². The third-order valence-electron chi connectivity index (χ3n) is 1.52. The normalized spacial score (nSPS) is 9.13. The van der Waals surface area contributed by atoms with E-state index in [0.717, 1.165) is 6.42 Å². The topological polar surface area (TPSA) is 0 Å². The predicted octanol–water partition coefficient (Wildman–Crippen LogP) is 5.92. The van der Waals surface area contributed by atoms with Crippen molar-refractivity contribution in [2.24, 2.45) is 0 Å². The van der Waals surface area contributed by atoms with Crippen molar-refractivity contribution in [2.45, 2.75) is 60.3 Å². The fraction of sp³-hybridized carbons (Fsp3) is 0.600. The molecule has 0 heterocycles. The molecule has 0 atom stereocenters. The van der Waals surface area contributed by atoms with Gasteiger partial charge in [0.2, 0.25) is 0 Å². The van der Waals surface area contributed by atoms with E-state index in [0.29, 0.717) is 0 Å². The summed E-state index contributed by atoms with van der Waals surface area (Å²) in [4.78, 5) is 0. The summed E-state index contributed by atoms with van der Waals surface area (Å²) in [7, 11) is 0. The molecule has 0 aliphatic carbocycles. The van der Waals surface area contributed by atoms with Gasteiger partial charge < -0.3 is 0 Å². The molecule has 0 aliphatic heterocycles. The molecular formula is C15H30. The molecule has 0 aromatic rings. The Labute approximate surface area is 97.8 Å². The van der Waals surface area contributed by atoms with Gasteiger partial charge in [0.15, 0.2) is 0 Å². The van der Waals surface area contributed by atoms with E-state index in [2.05, 4.69) is 39.5 Å². The van der Waals surface area contributed by atoms with Crippen LogP contribution < -0.4 is 0 Å². The molecule has 0 saturated carbocycles. The largest absolute Gasteiger partial charge is 0.103 e. The van der Waals surface area contributed by atoms with Crippen LogP contribution in [-0.4, -0.2) is 0 Å². The van der Waals surface area contributed by atoms with Crippen LogP contribution in [0.5, 0.6) is 0 Å². The lowest BCUT2D eigenvalue weighted by molar-refractivity contribution is 0.957. The zero-order valence-corrected chi connectivity index (χ0v) is 11.4. The Morgan fingerprint density at radius 2 is 1.27 bits per heavy atom. The lowest BCUT2D eigenvalue weighted by atomic mass is 10.3. The minimum Gasteiger partial charge on any atom is -0.103 e. The second-order valence-electron chi connectivity index (χ2n) is 3.10. The molecule has 0 aromatic heterocycles. The Morgan fingerprint density at radius 3 is 1.33 bits per heavy atom. The Balaban J connectivity index is -0.000000147. The molecule has 0 fully saturated rings. The Morgan fingerprint density at radius 1 is 0.800 bits per heavy atom. The zero-order chi connectivity index (χ0) is 12.4. The molecule has 0 aromatic carbocycles. The van der Waals surface area contributed by atoms with E-state index in [1.165, 1.54) is 19.3 Å². The molecule has 0 heteroatoms. The number of rotatable bonds is 4. The molecule has 0 amide bonds. The summed E-state index contributed by atoms with van der Waals surface area (Å²) in [6.45, 7) is 13.9. The minimum atomic E-state index is 1.15. The van der Waals surface area contributed by atoms with E-state index < -0.39 is 0 Å². The van der Waals surface area contributed by atoms with Gasteiger partial charge in [0, 0.05) is 0 Å². The molecule has 0 spiro atoms. The highest BCUT2D eigenvalue weighted by molar-refractivity contribution is 4.75. The average molecular weight is 210 g/mol. The van der Waals surface area contributed by atoms with Gasteiger partial charge in [-0.15, -0.1) is 6.58 Å². The number of unbranched alkanes of at least 4 members (excludes halogenated alkanes) is 2. The zero-order valence-electron chi connectivity index (χ0n) is 11.4. The van der Waals surface area contributed by atoms with Crippen molar-refractivity contribution in [1.29, 1.82) is 0 Å². The third kappa shape index (κ3) is 61.1. The van der Waals surface area contributed by atoms with E-state index in [9.17, 15) is 0 Å². The Hall–Kier alpha value is -0.780. The van der Waals surface area contributed by atoms with Gasteiger partial charge in [0.1, 0.15) is 0 Å². The van der Waals surface area contributed by atoms with Crippen LogP contribution in [0.2, 0.25) is 0 Å². The van der Waals surface area contributed by atoms with Crippen molar-refractivity contribution >= 4 is 0 Å². The van der Waals surface area contributed by atoms with Crippen molar-refractivity contribution in [1.82, 2.24) is 0 Å². The number of hydrogen-bond acceptors (Lipinski definition) is 0. The van der Waals surface area contributed by atoms with Crippen LogP contribution >= 0.6 is 0 Å². The van der Waals surface area contributed by atoms with Gasteiger partial charge in [-0.3, -0.25) is 0 Å². The van der Waals surface area contributed by atoms with Crippen LogP contribution in [0, 0.1) is 0 Å². The maximum Gasteiger partial charge on any atom is -0.0353 e. The molecule has 15 heavy (non-hydrogen) atoms. The van der Waals surface area contributed by atoms with Crippen LogP contribution in [0.3, 0.4) is 0 Å². The summed E-state index contributed by atoms with van der Waals surface area (Å²) < 4.78 is 0. The van der Waals surface area contributed by atoms with Gasteiger partial charge in [0.05, 0.1) is 0 Å². The van der Waals surface area contributed by atoms with Crippen molar-refractivity contribution in [3.63, 3.8) is 0 Å². The van der Waals surface area contributed by atoms with Crippen LogP contribution in [0.25, 0.3) is 0 Å². The first-order valence-corrected chi connectivity index (χ1v) is 6.04. The van der Waals surface area contributed by atoms with Crippen molar-refractivity contribution in [2.75, 3.05) is 0 Å². The van der Waals surface area contributed by atoms with Gasteiger partial charge in [-0.05, 0) is 33.6 Å². The van der Waals surface area contributed by atoms with Gasteiger partial charge in [-0.2, -0.15) is 0 Å². The Kier molecular flexibility index (Phi) is 38.5. The van der Waals surface area contributed by atoms with Crippen molar-refractivity contribution in [3.8, 4) is 0 Å². The second kappa shape index (κ2) is 29.2. The van der Waals surface area contributed by atoms with Gasteiger partial charge >= 0.3 is 0 Å². The summed E-state index contributed by atoms with van der Waals surface area (Å²) in [5.74, 6) is 0. The van der Waals surface area contributed by atoms with E-state index in [-0.39, 0.29) is 0 Å². The fourth-order valence-corrected chi connectivity index (χ4v) is 0.537. The third-order valence-corrected chi connectivity index (χ3v) is 1.52. The average Bonchev–Trinajstić information content (AvgIpc) is 2.28. The molecule has 0 saturated heterocycles. The smallest absolute Gasteiger partial charge is 0.0353 e. The van der Waals surface area contributed by atoms with Crippen LogP contribution in [0.4, 0.5) is 0 Å². The monoisotopic (exact) mass is 210 g/mol. The van der Waals surface area contributed by atoms with Gasteiger partial charge in [-0.25, -0.2) is 0 Å². The highest BCUT2D eigenvalue weighted by Crippen LogP contribution is 1.85. The number of hydrogen-bond donors (Lipinski definition) is 0. The van der Waals surface area contributed by atoms with Crippen LogP contribution in [0.1, 0.15) is 60.3 Å². The lowest BCUT2D eigenvalue weighted by Gasteiger charge is -1.76. The SMILES string of the molecule is C/C=C/C.C/C=C/CCC.C=CCCC. The van der Waals surface area contributed by atoms with E-state index in [1.807, 2.05) is 32.1 Å². The summed E-state index contributed by atoms with van der Waals surface area (Å²) >= 11 is 0. The molecule has 90 valence electrons. The first-order chi connectivity index (χ1) is 7.24. The summed E-state index contributed by atoms with van der Waals surface area (Å²) in [5.41, 5.74) is 0. The summed E-state index contributed by atoms with van der Waals surface area (Å²) in [6, 6.07) is 0. The fourth-order valence-electron chi connectivity index (χ4n) is 0.537. The minimum absolute atomic E-state index is 1.15. The van der Waals surface area contributed by atoms with Crippen LogP contribution in [0.15, 0.2) is 37.0 Å². The van der Waals surface area contributed by atoms with E-state index in [1.54, 1.807) is 0 Å². The van der Waals surface area contributed by atoms with Gasteiger partial charge in [0.25, 0.3) is 0 Å². The molecule has 0 rings (SSSR count). The first-order valence-electron chi connectivity index (χ1n) is 6.04. The predicted molar refractivity (Wildman–Crippen MR) is 75.3 cm³/mol. The number of allylic oxidation sites excluding steroid dienone is 5. The lowest BCUT2D eigenvalue weighted by Crippen LogP contribution is -1.55. The highest BCUT2D eigenvalue weighted by atomic mass is 13.7. The summed E-state index contributed by atoms with van der Waals surface area (Å²) in [6.07, 6.45) is 15.1. The highest BCUT2D eigenvalue weighted by Gasteiger charge is 1.64. The van der Waals surface area contributed by atoms with Crippen molar-refractivity contribution < 1.29 is 0 Å². The first kappa shape index (κ1) is 19.7. The second-order valence-corrected chi connectivity index (χ2v) is 3.10. The molecular weight excluding hydrogens is 180 g/mol. The standard InChI is InChI=1S/C6H12.C5H10.C4H8/c1-3-5-6-4-2;1-3-5-4-2;1-3-4-2/h3,5H,4,6H2,1-2H3;3H,1,4-5H2,2H3;3-4H,1-2H3/b5-3+;;4-3+. The molecule has 0 nitrogen and oxygen atoms in total. The molecule has 0 unspecified atom stereocenters. The maximum absolute atomic E-state index is 3.55. The van der Waals surface area contributed by atoms with E-state index >= 15 is 0 Å². The Bertz CT molecular complexity index is 125. The maximum atomic E-state index is 3.55.